The molecule has 0 amide bonds. The van der Waals surface area contributed by atoms with Crippen molar-refractivity contribution in [3.05, 3.63) is 0 Å². The van der Waals surface area contributed by atoms with Gasteiger partial charge in [0.2, 0.25) is 10.0 Å². The van der Waals surface area contributed by atoms with Crippen LogP contribution in [0.25, 0.3) is 0 Å². The zero-order valence-electron chi connectivity index (χ0n) is 12.2. The highest BCUT2D eigenvalue weighted by Crippen LogP contribution is 2.17. The summed E-state index contributed by atoms with van der Waals surface area (Å²) in [5.74, 6) is 0.253. The summed E-state index contributed by atoms with van der Waals surface area (Å²) in [4.78, 5) is 0. The van der Waals surface area contributed by atoms with Crippen molar-refractivity contribution in [2.24, 2.45) is 0 Å². The minimum absolute atomic E-state index is 0.239. The second-order valence-electron chi connectivity index (χ2n) is 4.97. The van der Waals surface area contributed by atoms with Gasteiger partial charge in [-0.3, -0.25) is 0 Å². The van der Waals surface area contributed by atoms with Crippen molar-refractivity contribution in [3.63, 3.8) is 0 Å². The SMILES string of the molecule is CCCNCCCS(=O)(=O)N1CCC(OCC)CC1. The number of rotatable bonds is 9. The van der Waals surface area contributed by atoms with E-state index in [2.05, 4.69) is 12.2 Å². The Bertz CT molecular complexity index is 325. The van der Waals surface area contributed by atoms with Gasteiger partial charge in [0.05, 0.1) is 11.9 Å². The Labute approximate surface area is 117 Å². The lowest BCUT2D eigenvalue weighted by Crippen LogP contribution is -2.42. The molecule has 0 radical (unpaired) electrons. The lowest BCUT2D eigenvalue weighted by molar-refractivity contribution is 0.0290. The molecule has 19 heavy (non-hydrogen) atoms. The van der Waals surface area contributed by atoms with Crippen LogP contribution >= 0.6 is 0 Å². The van der Waals surface area contributed by atoms with Crippen LogP contribution in [0.3, 0.4) is 0 Å². The topological polar surface area (TPSA) is 58.6 Å². The zero-order chi connectivity index (χ0) is 14.1. The minimum atomic E-state index is -3.07. The molecule has 0 aliphatic carbocycles. The minimum Gasteiger partial charge on any atom is -0.378 e. The Morgan fingerprint density at radius 2 is 1.89 bits per heavy atom. The molecule has 1 fully saturated rings. The first kappa shape index (κ1) is 16.9. The van der Waals surface area contributed by atoms with Gasteiger partial charge in [0.1, 0.15) is 0 Å². The normalized spacial score (nSPS) is 18.8. The summed E-state index contributed by atoms with van der Waals surface area (Å²) in [7, 11) is -3.07. The van der Waals surface area contributed by atoms with E-state index >= 15 is 0 Å². The maximum Gasteiger partial charge on any atom is 0.214 e. The number of hydrogen-bond donors (Lipinski definition) is 1. The van der Waals surface area contributed by atoms with Gasteiger partial charge in [-0.1, -0.05) is 6.92 Å². The fraction of sp³-hybridized carbons (Fsp3) is 1.00. The molecule has 1 heterocycles. The molecule has 0 spiro atoms. The van der Waals surface area contributed by atoms with Crippen molar-refractivity contribution in [1.29, 1.82) is 0 Å². The van der Waals surface area contributed by atoms with Gasteiger partial charge in [0.25, 0.3) is 0 Å². The molecule has 1 aliphatic heterocycles. The van der Waals surface area contributed by atoms with Crippen molar-refractivity contribution in [3.8, 4) is 0 Å². The molecule has 0 atom stereocenters. The number of ether oxygens (including phenoxy) is 1. The average Bonchev–Trinajstić information content (AvgIpc) is 2.39. The van der Waals surface area contributed by atoms with Gasteiger partial charge in [0, 0.05) is 19.7 Å². The van der Waals surface area contributed by atoms with Crippen molar-refractivity contribution in [2.45, 2.75) is 45.6 Å². The van der Waals surface area contributed by atoms with Crippen LogP contribution in [0, 0.1) is 0 Å². The molecular formula is C13H28N2O3S. The summed E-state index contributed by atoms with van der Waals surface area (Å²) in [6.45, 7) is 7.74. The van der Waals surface area contributed by atoms with E-state index in [1.807, 2.05) is 6.92 Å². The molecule has 6 heteroatoms. The molecule has 1 rings (SSSR count). The smallest absolute Gasteiger partial charge is 0.214 e. The van der Waals surface area contributed by atoms with Gasteiger partial charge < -0.3 is 10.1 Å². The molecule has 0 bridgehead atoms. The highest BCUT2D eigenvalue weighted by atomic mass is 32.2. The molecule has 1 N–H and O–H groups in total. The van der Waals surface area contributed by atoms with E-state index in [-0.39, 0.29) is 11.9 Å². The van der Waals surface area contributed by atoms with E-state index < -0.39 is 10.0 Å². The molecule has 0 saturated carbocycles. The van der Waals surface area contributed by atoms with E-state index in [1.165, 1.54) is 0 Å². The second kappa shape index (κ2) is 8.89. The lowest BCUT2D eigenvalue weighted by Gasteiger charge is -2.31. The molecule has 0 aromatic heterocycles. The van der Waals surface area contributed by atoms with Crippen LogP contribution in [0.5, 0.6) is 0 Å². The number of nitrogens with one attached hydrogen (secondary N) is 1. The maximum atomic E-state index is 12.1. The highest BCUT2D eigenvalue weighted by molar-refractivity contribution is 7.89. The molecule has 1 aliphatic rings. The van der Waals surface area contributed by atoms with Gasteiger partial charge in [-0.25, -0.2) is 12.7 Å². The van der Waals surface area contributed by atoms with Crippen molar-refractivity contribution < 1.29 is 13.2 Å². The Morgan fingerprint density at radius 1 is 1.21 bits per heavy atom. The quantitative estimate of drug-likeness (QED) is 0.649. The van der Waals surface area contributed by atoms with E-state index in [0.29, 0.717) is 26.1 Å². The molecule has 5 nitrogen and oxygen atoms in total. The molecule has 0 aromatic rings. The summed E-state index contributed by atoms with van der Waals surface area (Å²) in [5.41, 5.74) is 0. The first-order valence-corrected chi connectivity index (χ1v) is 9.01. The van der Waals surface area contributed by atoms with Gasteiger partial charge in [0.15, 0.2) is 0 Å². The van der Waals surface area contributed by atoms with E-state index in [9.17, 15) is 8.42 Å². The van der Waals surface area contributed by atoms with E-state index in [1.54, 1.807) is 4.31 Å². The largest absolute Gasteiger partial charge is 0.378 e. The van der Waals surface area contributed by atoms with Gasteiger partial charge >= 0.3 is 0 Å². The Morgan fingerprint density at radius 3 is 2.47 bits per heavy atom. The van der Waals surface area contributed by atoms with Crippen LogP contribution in [0.4, 0.5) is 0 Å². The van der Waals surface area contributed by atoms with Gasteiger partial charge in [-0.05, 0) is 45.7 Å². The van der Waals surface area contributed by atoms with Crippen LogP contribution < -0.4 is 5.32 Å². The summed E-state index contributed by atoms with van der Waals surface area (Å²) in [6.07, 6.45) is 3.65. The molecule has 0 unspecified atom stereocenters. The fourth-order valence-corrected chi connectivity index (χ4v) is 3.86. The van der Waals surface area contributed by atoms with Crippen LogP contribution in [-0.4, -0.2) is 57.4 Å². The highest BCUT2D eigenvalue weighted by Gasteiger charge is 2.27. The van der Waals surface area contributed by atoms with Crippen molar-refractivity contribution >= 4 is 10.0 Å². The third-order valence-corrected chi connectivity index (χ3v) is 5.34. The predicted octanol–water partition coefficient (Wildman–Crippen LogP) is 1.21. The maximum absolute atomic E-state index is 12.1. The van der Waals surface area contributed by atoms with Crippen LogP contribution in [0.2, 0.25) is 0 Å². The average molecular weight is 292 g/mol. The second-order valence-corrected chi connectivity index (χ2v) is 7.06. The Hall–Kier alpha value is -0.170. The van der Waals surface area contributed by atoms with Crippen LogP contribution in [0.1, 0.15) is 39.5 Å². The van der Waals surface area contributed by atoms with Crippen LogP contribution in [0.15, 0.2) is 0 Å². The number of hydrogen-bond acceptors (Lipinski definition) is 4. The zero-order valence-corrected chi connectivity index (χ0v) is 13.0. The summed E-state index contributed by atoms with van der Waals surface area (Å²) < 4.78 is 31.4. The van der Waals surface area contributed by atoms with Crippen molar-refractivity contribution in [2.75, 3.05) is 38.5 Å². The molecule has 114 valence electrons. The molecular weight excluding hydrogens is 264 g/mol. The molecule has 0 aromatic carbocycles. The molecule has 1 saturated heterocycles. The first-order valence-electron chi connectivity index (χ1n) is 7.40. The summed E-state index contributed by atoms with van der Waals surface area (Å²) in [5, 5.41) is 3.23. The van der Waals surface area contributed by atoms with E-state index in [4.69, 9.17) is 4.74 Å². The van der Waals surface area contributed by atoms with Gasteiger partial charge in [-0.15, -0.1) is 0 Å². The third kappa shape index (κ3) is 6.21. The van der Waals surface area contributed by atoms with Gasteiger partial charge in [-0.2, -0.15) is 0 Å². The summed E-state index contributed by atoms with van der Waals surface area (Å²) in [6, 6.07) is 0. The monoisotopic (exact) mass is 292 g/mol. The van der Waals surface area contributed by atoms with Crippen LogP contribution in [-0.2, 0) is 14.8 Å². The fourth-order valence-electron chi connectivity index (χ4n) is 2.32. The Balaban J connectivity index is 2.26. The predicted molar refractivity (Wildman–Crippen MR) is 77.8 cm³/mol. The van der Waals surface area contributed by atoms with Crippen molar-refractivity contribution in [1.82, 2.24) is 9.62 Å². The first-order chi connectivity index (χ1) is 9.10. The number of sulfonamides is 1. The third-order valence-electron chi connectivity index (χ3n) is 3.38. The van der Waals surface area contributed by atoms with E-state index in [0.717, 1.165) is 32.4 Å². The Kier molecular flexibility index (Phi) is 7.90. The summed E-state index contributed by atoms with van der Waals surface area (Å²) >= 11 is 0. The lowest BCUT2D eigenvalue weighted by atomic mass is 10.1. The number of nitrogens with zero attached hydrogens (tertiary/aromatic N) is 1. The number of piperidine rings is 1. The standard InChI is InChI=1S/C13H28N2O3S/c1-3-8-14-9-5-12-19(16,17)15-10-6-13(7-11-15)18-4-2/h13-14H,3-12H2,1-2H3.